The van der Waals surface area contributed by atoms with E-state index in [2.05, 4.69) is 9.88 Å². The number of carboxylic acid groups (broad SMARTS) is 1. The molecule has 134 valence electrons. The summed E-state index contributed by atoms with van der Waals surface area (Å²) < 4.78 is 0. The van der Waals surface area contributed by atoms with Gasteiger partial charge in [-0.15, -0.1) is 0 Å². The highest BCUT2D eigenvalue weighted by Gasteiger charge is 2.56. The maximum Gasteiger partial charge on any atom is 0.311 e. The van der Waals surface area contributed by atoms with E-state index in [9.17, 15) is 14.7 Å². The molecule has 3 fully saturated rings. The van der Waals surface area contributed by atoms with E-state index < -0.39 is 11.4 Å². The van der Waals surface area contributed by atoms with Gasteiger partial charge in [-0.2, -0.15) is 0 Å². The van der Waals surface area contributed by atoms with Crippen molar-refractivity contribution in [3.63, 3.8) is 0 Å². The molecule has 0 unspecified atom stereocenters. The number of rotatable bonds is 3. The summed E-state index contributed by atoms with van der Waals surface area (Å²) in [6.45, 7) is 2.75. The molecule has 0 aromatic carbocycles. The highest BCUT2D eigenvalue weighted by atomic mass is 16.4. The fourth-order valence-corrected chi connectivity index (χ4v) is 4.89. The number of likely N-dealkylation sites (tertiary alicyclic amines) is 1. The molecule has 3 aliphatic rings. The van der Waals surface area contributed by atoms with Crippen LogP contribution >= 0.6 is 0 Å². The molecule has 1 N–H and O–H groups in total. The monoisotopic (exact) mass is 343 g/mol. The Morgan fingerprint density at radius 3 is 2.72 bits per heavy atom. The number of hydrogen-bond acceptors (Lipinski definition) is 4. The lowest BCUT2D eigenvalue weighted by molar-refractivity contribution is -0.149. The van der Waals surface area contributed by atoms with Crippen LogP contribution in [0.5, 0.6) is 0 Å². The highest BCUT2D eigenvalue weighted by molar-refractivity contribution is 5.99. The maximum atomic E-state index is 13.2. The molecular weight excluding hydrogens is 318 g/mol. The summed E-state index contributed by atoms with van der Waals surface area (Å²) in [5.74, 6) is 0.0362. The van der Waals surface area contributed by atoms with Crippen LogP contribution in [0.2, 0.25) is 0 Å². The van der Waals surface area contributed by atoms with Crippen molar-refractivity contribution in [1.82, 2.24) is 9.88 Å². The molecule has 6 heteroatoms. The number of carboxylic acids is 1. The third-order valence-electron chi connectivity index (χ3n) is 6.26. The Morgan fingerprint density at radius 2 is 2.00 bits per heavy atom. The molecule has 0 spiro atoms. The number of fused-ring (bicyclic) bond motifs is 1. The SMILES string of the molecule is O=C(c1cccnc1N1CCCCC1)N1C[C@@H]2CCC[C@@]2(C(=O)O)C1. The van der Waals surface area contributed by atoms with E-state index >= 15 is 0 Å². The normalized spacial score (nSPS) is 28.9. The molecule has 4 rings (SSSR count). The number of carbonyl (C=O) groups excluding carboxylic acids is 1. The van der Waals surface area contributed by atoms with Crippen LogP contribution in [0, 0.1) is 11.3 Å². The van der Waals surface area contributed by atoms with Gasteiger partial charge in [-0.05, 0) is 50.2 Å². The lowest BCUT2D eigenvalue weighted by atomic mass is 9.81. The van der Waals surface area contributed by atoms with Crippen LogP contribution < -0.4 is 4.90 Å². The summed E-state index contributed by atoms with van der Waals surface area (Å²) in [6, 6.07) is 3.63. The van der Waals surface area contributed by atoms with Gasteiger partial charge in [-0.3, -0.25) is 9.59 Å². The van der Waals surface area contributed by atoms with Crippen LogP contribution in [0.1, 0.15) is 48.9 Å². The topological polar surface area (TPSA) is 73.7 Å². The fraction of sp³-hybridized carbons (Fsp3) is 0.632. The van der Waals surface area contributed by atoms with E-state index in [0.29, 0.717) is 25.1 Å². The zero-order valence-electron chi connectivity index (χ0n) is 14.5. The van der Waals surface area contributed by atoms with Gasteiger partial charge in [-0.25, -0.2) is 4.98 Å². The first-order valence-electron chi connectivity index (χ1n) is 9.34. The Balaban J connectivity index is 1.59. The van der Waals surface area contributed by atoms with Gasteiger partial charge >= 0.3 is 5.97 Å². The molecule has 1 aliphatic carbocycles. The summed E-state index contributed by atoms with van der Waals surface area (Å²) in [7, 11) is 0. The van der Waals surface area contributed by atoms with Crippen molar-refractivity contribution >= 4 is 17.7 Å². The van der Waals surface area contributed by atoms with Gasteiger partial charge in [0, 0.05) is 32.4 Å². The van der Waals surface area contributed by atoms with E-state index in [1.807, 2.05) is 6.07 Å². The fourth-order valence-electron chi connectivity index (χ4n) is 4.89. The third-order valence-corrected chi connectivity index (χ3v) is 6.26. The first-order chi connectivity index (χ1) is 12.1. The number of anilines is 1. The second-order valence-corrected chi connectivity index (χ2v) is 7.66. The number of nitrogens with zero attached hydrogens (tertiary/aromatic N) is 3. The van der Waals surface area contributed by atoms with Crippen LogP contribution in [-0.4, -0.2) is 53.0 Å². The molecule has 0 bridgehead atoms. The number of hydrogen-bond donors (Lipinski definition) is 1. The number of amides is 1. The van der Waals surface area contributed by atoms with Crippen LogP contribution in [0.4, 0.5) is 5.82 Å². The Hall–Kier alpha value is -2.11. The summed E-state index contributed by atoms with van der Waals surface area (Å²) in [5.41, 5.74) is -0.117. The smallest absolute Gasteiger partial charge is 0.311 e. The van der Waals surface area contributed by atoms with Crippen molar-refractivity contribution < 1.29 is 14.7 Å². The molecule has 2 aliphatic heterocycles. The predicted octanol–water partition coefficient (Wildman–Crippen LogP) is 2.40. The van der Waals surface area contributed by atoms with Crippen LogP contribution in [0.15, 0.2) is 18.3 Å². The molecule has 25 heavy (non-hydrogen) atoms. The van der Waals surface area contributed by atoms with Crippen LogP contribution in [-0.2, 0) is 4.79 Å². The summed E-state index contributed by atoms with van der Waals surface area (Å²) in [4.78, 5) is 33.5. The molecule has 3 heterocycles. The Labute approximate surface area is 147 Å². The number of pyridine rings is 1. The first-order valence-corrected chi connectivity index (χ1v) is 9.34. The van der Waals surface area contributed by atoms with Gasteiger partial charge in [0.1, 0.15) is 5.82 Å². The predicted molar refractivity (Wildman–Crippen MR) is 93.6 cm³/mol. The largest absolute Gasteiger partial charge is 0.481 e. The minimum atomic E-state index is -0.743. The molecule has 6 nitrogen and oxygen atoms in total. The van der Waals surface area contributed by atoms with Crippen LogP contribution in [0.25, 0.3) is 0 Å². The average molecular weight is 343 g/mol. The molecule has 1 aromatic heterocycles. The molecule has 1 aromatic rings. The lowest BCUT2D eigenvalue weighted by Gasteiger charge is -2.30. The Morgan fingerprint density at radius 1 is 1.20 bits per heavy atom. The molecular formula is C19H25N3O3. The van der Waals surface area contributed by atoms with E-state index in [0.717, 1.165) is 44.6 Å². The minimum Gasteiger partial charge on any atom is -0.481 e. The number of piperidine rings is 1. The van der Waals surface area contributed by atoms with Gasteiger partial charge in [0.15, 0.2) is 0 Å². The second kappa shape index (κ2) is 6.32. The zero-order valence-corrected chi connectivity index (χ0v) is 14.5. The molecule has 2 saturated heterocycles. The van der Waals surface area contributed by atoms with E-state index in [1.165, 1.54) is 6.42 Å². The molecule has 0 radical (unpaired) electrons. The summed E-state index contributed by atoms with van der Waals surface area (Å²) in [6.07, 6.45) is 7.74. The van der Waals surface area contributed by atoms with Gasteiger partial charge in [-0.1, -0.05) is 6.42 Å². The highest BCUT2D eigenvalue weighted by Crippen LogP contribution is 2.49. The van der Waals surface area contributed by atoms with Crippen molar-refractivity contribution in [1.29, 1.82) is 0 Å². The van der Waals surface area contributed by atoms with Crippen molar-refractivity contribution in [3.05, 3.63) is 23.9 Å². The van der Waals surface area contributed by atoms with Crippen molar-refractivity contribution in [2.45, 2.75) is 38.5 Å². The van der Waals surface area contributed by atoms with Gasteiger partial charge in [0.25, 0.3) is 5.91 Å². The molecule has 1 saturated carbocycles. The molecule has 2 atom stereocenters. The van der Waals surface area contributed by atoms with Crippen molar-refractivity contribution in [2.24, 2.45) is 11.3 Å². The Bertz CT molecular complexity index is 686. The maximum absolute atomic E-state index is 13.2. The Kier molecular flexibility index (Phi) is 4.13. The quantitative estimate of drug-likeness (QED) is 0.912. The average Bonchev–Trinajstić information content (AvgIpc) is 3.20. The van der Waals surface area contributed by atoms with E-state index in [-0.39, 0.29) is 11.8 Å². The van der Waals surface area contributed by atoms with Crippen molar-refractivity contribution in [2.75, 3.05) is 31.1 Å². The summed E-state index contributed by atoms with van der Waals surface area (Å²) in [5, 5.41) is 9.74. The van der Waals surface area contributed by atoms with E-state index in [1.54, 1.807) is 17.2 Å². The number of carbonyl (C=O) groups is 2. The minimum absolute atomic E-state index is 0.0660. The van der Waals surface area contributed by atoms with Crippen molar-refractivity contribution in [3.8, 4) is 0 Å². The van der Waals surface area contributed by atoms with Crippen LogP contribution in [0.3, 0.4) is 0 Å². The number of aromatic nitrogens is 1. The molecule has 1 amide bonds. The van der Waals surface area contributed by atoms with E-state index in [4.69, 9.17) is 0 Å². The second-order valence-electron chi connectivity index (χ2n) is 7.66. The zero-order chi connectivity index (χ0) is 17.4. The van der Waals surface area contributed by atoms with Gasteiger partial charge < -0.3 is 14.9 Å². The first kappa shape index (κ1) is 16.4. The standard InChI is InChI=1S/C19H25N3O3/c23-17(22-12-14-6-4-8-19(14,13-22)18(24)25)15-7-5-9-20-16(15)21-10-2-1-3-11-21/h5,7,9,14H,1-4,6,8,10-13H2,(H,24,25)/t14-,19+/m0/s1. The number of aliphatic carboxylic acids is 1. The van der Waals surface area contributed by atoms with Gasteiger partial charge in [0.2, 0.25) is 0 Å². The third kappa shape index (κ3) is 2.68. The van der Waals surface area contributed by atoms with Gasteiger partial charge in [0.05, 0.1) is 11.0 Å². The summed E-state index contributed by atoms with van der Waals surface area (Å²) >= 11 is 0. The lowest BCUT2D eigenvalue weighted by Crippen LogP contribution is -2.38.